The maximum atomic E-state index is 11.4. The SMILES string of the molecule is C=C(C)c1cc(OC(C)=O)c2ccccc2c1OC(C)=O. The minimum atomic E-state index is -0.414. The maximum absolute atomic E-state index is 11.4. The molecule has 4 heteroatoms. The van der Waals surface area contributed by atoms with E-state index in [2.05, 4.69) is 6.58 Å². The highest BCUT2D eigenvalue weighted by Gasteiger charge is 2.17. The molecule has 0 aromatic heterocycles. The van der Waals surface area contributed by atoms with E-state index in [-0.39, 0.29) is 0 Å². The second kappa shape index (κ2) is 5.79. The van der Waals surface area contributed by atoms with Gasteiger partial charge in [-0.1, -0.05) is 30.8 Å². The molecule has 0 atom stereocenters. The zero-order valence-electron chi connectivity index (χ0n) is 12.2. The third-order valence-corrected chi connectivity index (χ3v) is 2.92. The summed E-state index contributed by atoms with van der Waals surface area (Å²) >= 11 is 0. The molecular weight excluding hydrogens is 268 g/mol. The van der Waals surface area contributed by atoms with Crippen LogP contribution in [0.3, 0.4) is 0 Å². The highest BCUT2D eigenvalue weighted by atomic mass is 16.5. The van der Waals surface area contributed by atoms with Crippen molar-refractivity contribution >= 4 is 28.3 Å². The van der Waals surface area contributed by atoms with Crippen LogP contribution in [0.2, 0.25) is 0 Å². The third-order valence-electron chi connectivity index (χ3n) is 2.92. The first-order valence-electron chi connectivity index (χ1n) is 6.48. The van der Waals surface area contributed by atoms with Crippen molar-refractivity contribution in [1.29, 1.82) is 0 Å². The molecule has 2 aromatic carbocycles. The van der Waals surface area contributed by atoms with Crippen molar-refractivity contribution in [2.24, 2.45) is 0 Å². The van der Waals surface area contributed by atoms with Gasteiger partial charge in [-0.05, 0) is 18.6 Å². The van der Waals surface area contributed by atoms with Gasteiger partial charge in [0, 0.05) is 30.2 Å². The molecular formula is C17H16O4. The van der Waals surface area contributed by atoms with Gasteiger partial charge >= 0.3 is 11.9 Å². The Labute approximate surface area is 123 Å². The molecule has 4 nitrogen and oxygen atoms in total. The minimum Gasteiger partial charge on any atom is -0.426 e. The van der Waals surface area contributed by atoms with E-state index in [0.29, 0.717) is 33.4 Å². The van der Waals surface area contributed by atoms with Gasteiger partial charge in [0.25, 0.3) is 0 Å². The van der Waals surface area contributed by atoms with Crippen LogP contribution in [-0.2, 0) is 9.59 Å². The number of carbonyl (C=O) groups is 2. The molecule has 0 bridgehead atoms. The summed E-state index contributed by atoms with van der Waals surface area (Å²) in [4.78, 5) is 22.6. The van der Waals surface area contributed by atoms with Gasteiger partial charge in [0.15, 0.2) is 0 Å². The Morgan fingerprint density at radius 1 is 0.952 bits per heavy atom. The van der Waals surface area contributed by atoms with Crippen LogP contribution in [0.4, 0.5) is 0 Å². The molecule has 0 aliphatic carbocycles. The molecule has 2 aromatic rings. The molecule has 0 spiro atoms. The summed E-state index contributed by atoms with van der Waals surface area (Å²) in [6.07, 6.45) is 0. The number of hydrogen-bond donors (Lipinski definition) is 0. The van der Waals surface area contributed by atoms with Gasteiger partial charge < -0.3 is 9.47 Å². The molecule has 0 amide bonds. The number of fused-ring (bicyclic) bond motifs is 1. The number of esters is 2. The van der Waals surface area contributed by atoms with E-state index in [1.807, 2.05) is 24.3 Å². The molecule has 0 aliphatic heterocycles. The molecule has 21 heavy (non-hydrogen) atoms. The van der Waals surface area contributed by atoms with E-state index >= 15 is 0 Å². The van der Waals surface area contributed by atoms with Crippen LogP contribution in [0.15, 0.2) is 36.9 Å². The Balaban J connectivity index is 2.80. The first kappa shape index (κ1) is 14.8. The van der Waals surface area contributed by atoms with E-state index in [1.165, 1.54) is 13.8 Å². The van der Waals surface area contributed by atoms with Gasteiger partial charge in [-0.2, -0.15) is 0 Å². The first-order valence-corrected chi connectivity index (χ1v) is 6.48. The fraction of sp³-hybridized carbons (Fsp3) is 0.176. The first-order chi connectivity index (χ1) is 9.90. The third kappa shape index (κ3) is 3.11. The molecule has 0 fully saturated rings. The van der Waals surface area contributed by atoms with Crippen molar-refractivity contribution in [2.75, 3.05) is 0 Å². The molecule has 0 aliphatic rings. The van der Waals surface area contributed by atoms with E-state index in [1.54, 1.807) is 13.0 Å². The van der Waals surface area contributed by atoms with Crippen LogP contribution >= 0.6 is 0 Å². The average Bonchev–Trinajstić information content (AvgIpc) is 2.40. The predicted molar refractivity (Wildman–Crippen MR) is 81.3 cm³/mol. The quantitative estimate of drug-likeness (QED) is 0.636. The molecule has 0 N–H and O–H groups in total. The fourth-order valence-electron chi connectivity index (χ4n) is 2.13. The lowest BCUT2D eigenvalue weighted by Crippen LogP contribution is -2.06. The fourth-order valence-corrected chi connectivity index (χ4v) is 2.13. The minimum absolute atomic E-state index is 0.409. The normalized spacial score (nSPS) is 10.2. The van der Waals surface area contributed by atoms with E-state index in [9.17, 15) is 9.59 Å². The summed E-state index contributed by atoms with van der Waals surface area (Å²) in [6.45, 7) is 8.38. The standard InChI is InChI=1S/C17H16O4/c1-10(2)15-9-16(20-11(3)18)13-7-5-6-8-14(13)17(15)21-12(4)19/h5-9H,1H2,2-4H3. The second-order valence-corrected chi connectivity index (χ2v) is 4.76. The summed E-state index contributed by atoms with van der Waals surface area (Å²) in [7, 11) is 0. The highest BCUT2D eigenvalue weighted by Crippen LogP contribution is 2.39. The monoisotopic (exact) mass is 284 g/mol. The summed E-state index contributed by atoms with van der Waals surface area (Å²) in [5, 5.41) is 1.40. The topological polar surface area (TPSA) is 52.6 Å². The molecule has 108 valence electrons. The van der Waals surface area contributed by atoms with Crippen LogP contribution in [0.5, 0.6) is 11.5 Å². The highest BCUT2D eigenvalue weighted by molar-refractivity contribution is 5.99. The van der Waals surface area contributed by atoms with Crippen molar-refractivity contribution in [2.45, 2.75) is 20.8 Å². The van der Waals surface area contributed by atoms with Gasteiger partial charge in [-0.25, -0.2) is 0 Å². The van der Waals surface area contributed by atoms with Crippen molar-refractivity contribution < 1.29 is 19.1 Å². The number of ether oxygens (including phenoxy) is 2. The van der Waals surface area contributed by atoms with Gasteiger partial charge in [0.1, 0.15) is 11.5 Å². The van der Waals surface area contributed by atoms with Crippen molar-refractivity contribution in [3.8, 4) is 11.5 Å². The predicted octanol–water partition coefficient (Wildman–Crippen LogP) is 3.72. The van der Waals surface area contributed by atoms with Gasteiger partial charge in [0.05, 0.1) is 0 Å². The van der Waals surface area contributed by atoms with Gasteiger partial charge in [0.2, 0.25) is 0 Å². The molecule has 0 unspecified atom stereocenters. The van der Waals surface area contributed by atoms with E-state index in [4.69, 9.17) is 9.47 Å². The molecule has 2 rings (SSSR count). The van der Waals surface area contributed by atoms with Crippen LogP contribution in [0.25, 0.3) is 16.3 Å². The Hall–Kier alpha value is -2.62. The number of benzene rings is 2. The number of rotatable bonds is 3. The Kier molecular flexibility index (Phi) is 4.08. The summed E-state index contributed by atoms with van der Waals surface area (Å²) < 4.78 is 10.6. The van der Waals surface area contributed by atoms with Gasteiger partial charge in [-0.15, -0.1) is 0 Å². The summed E-state index contributed by atoms with van der Waals surface area (Å²) in [5.74, 6) is 0.0319. The van der Waals surface area contributed by atoms with Crippen LogP contribution < -0.4 is 9.47 Å². The van der Waals surface area contributed by atoms with Crippen molar-refractivity contribution in [1.82, 2.24) is 0 Å². The van der Waals surface area contributed by atoms with Crippen molar-refractivity contribution in [3.05, 3.63) is 42.5 Å². The lowest BCUT2D eigenvalue weighted by Gasteiger charge is -2.15. The lowest BCUT2D eigenvalue weighted by molar-refractivity contribution is -0.132. The Morgan fingerprint density at radius 3 is 2.05 bits per heavy atom. The summed E-state index contributed by atoms with van der Waals surface area (Å²) in [6, 6.07) is 8.95. The van der Waals surface area contributed by atoms with E-state index < -0.39 is 11.9 Å². The zero-order valence-corrected chi connectivity index (χ0v) is 12.2. The lowest BCUT2D eigenvalue weighted by atomic mass is 10.00. The van der Waals surface area contributed by atoms with Crippen LogP contribution in [0, 0.1) is 0 Å². The number of carbonyl (C=O) groups excluding carboxylic acids is 2. The van der Waals surface area contributed by atoms with E-state index in [0.717, 1.165) is 0 Å². The number of allylic oxidation sites excluding steroid dienone is 1. The van der Waals surface area contributed by atoms with Crippen molar-refractivity contribution in [3.63, 3.8) is 0 Å². The Bertz CT molecular complexity index is 744. The molecule has 0 heterocycles. The largest absolute Gasteiger partial charge is 0.426 e. The Morgan fingerprint density at radius 2 is 1.52 bits per heavy atom. The average molecular weight is 284 g/mol. The molecule has 0 saturated carbocycles. The second-order valence-electron chi connectivity index (χ2n) is 4.76. The van der Waals surface area contributed by atoms with Gasteiger partial charge in [-0.3, -0.25) is 9.59 Å². The summed E-state index contributed by atoms with van der Waals surface area (Å²) in [5.41, 5.74) is 1.35. The number of hydrogen-bond acceptors (Lipinski definition) is 4. The smallest absolute Gasteiger partial charge is 0.308 e. The zero-order chi connectivity index (χ0) is 15.6. The van der Waals surface area contributed by atoms with Crippen LogP contribution in [0.1, 0.15) is 26.3 Å². The molecule has 0 saturated heterocycles. The maximum Gasteiger partial charge on any atom is 0.308 e. The van der Waals surface area contributed by atoms with Crippen LogP contribution in [-0.4, -0.2) is 11.9 Å². The molecule has 0 radical (unpaired) electrons.